The molecule has 1 aromatic carbocycles. The average Bonchev–Trinajstić information content (AvgIpc) is 2.62. The summed E-state index contributed by atoms with van der Waals surface area (Å²) in [5.41, 5.74) is 1.34. The van der Waals surface area contributed by atoms with E-state index in [2.05, 4.69) is 52.0 Å². The number of hydrogen-bond donors (Lipinski definition) is 0. The van der Waals surface area contributed by atoms with E-state index in [1.165, 1.54) is 5.56 Å². The highest BCUT2D eigenvalue weighted by Crippen LogP contribution is 2.21. The number of benzene rings is 1. The van der Waals surface area contributed by atoms with E-state index in [1.807, 2.05) is 0 Å². The molecular formula is C19H29N3O. The Labute approximate surface area is 140 Å². The third kappa shape index (κ3) is 4.33. The second-order valence-electron chi connectivity index (χ2n) is 6.82. The maximum Gasteiger partial charge on any atom is 0.227 e. The van der Waals surface area contributed by atoms with E-state index in [0.29, 0.717) is 5.91 Å². The number of hydrogen-bond acceptors (Lipinski definition) is 3. The molecule has 2 aliphatic heterocycles. The highest BCUT2D eigenvalue weighted by Gasteiger charge is 2.30. The molecule has 3 rings (SSSR count). The fraction of sp³-hybridized carbons (Fsp3) is 0.632. The Bertz CT molecular complexity index is 497. The van der Waals surface area contributed by atoms with Gasteiger partial charge in [-0.15, -0.1) is 0 Å². The van der Waals surface area contributed by atoms with Gasteiger partial charge in [-0.05, 0) is 31.5 Å². The molecule has 1 aromatic rings. The lowest BCUT2D eigenvalue weighted by Gasteiger charge is -2.38. The van der Waals surface area contributed by atoms with Gasteiger partial charge < -0.3 is 9.80 Å². The number of amides is 1. The molecule has 0 N–H and O–H groups in total. The summed E-state index contributed by atoms with van der Waals surface area (Å²) in [6.45, 7) is 10.2. The lowest BCUT2D eigenvalue weighted by Crippen LogP contribution is -2.52. The van der Waals surface area contributed by atoms with Crippen molar-refractivity contribution in [2.45, 2.75) is 26.3 Å². The number of carbonyl (C=O) groups is 1. The first kappa shape index (κ1) is 16.5. The van der Waals surface area contributed by atoms with Gasteiger partial charge in [-0.25, -0.2) is 0 Å². The fourth-order valence-electron chi connectivity index (χ4n) is 3.79. The Hall–Kier alpha value is -1.39. The van der Waals surface area contributed by atoms with Crippen LogP contribution in [0.5, 0.6) is 0 Å². The number of piperidine rings is 1. The summed E-state index contributed by atoms with van der Waals surface area (Å²) in [6, 6.07) is 10.6. The predicted octanol–water partition coefficient (Wildman–Crippen LogP) is 2.06. The van der Waals surface area contributed by atoms with Crippen LogP contribution in [0.25, 0.3) is 0 Å². The van der Waals surface area contributed by atoms with Crippen LogP contribution in [0, 0.1) is 5.92 Å². The summed E-state index contributed by atoms with van der Waals surface area (Å²) < 4.78 is 0. The molecule has 0 bridgehead atoms. The lowest BCUT2D eigenvalue weighted by atomic mass is 9.95. The van der Waals surface area contributed by atoms with E-state index in [0.717, 1.165) is 65.2 Å². The van der Waals surface area contributed by atoms with E-state index >= 15 is 0 Å². The maximum absolute atomic E-state index is 12.8. The first-order valence-corrected chi connectivity index (χ1v) is 9.03. The van der Waals surface area contributed by atoms with Crippen LogP contribution in [0.3, 0.4) is 0 Å². The lowest BCUT2D eigenvalue weighted by molar-refractivity contribution is -0.139. The van der Waals surface area contributed by atoms with Gasteiger partial charge in [0, 0.05) is 39.3 Å². The van der Waals surface area contributed by atoms with E-state index in [-0.39, 0.29) is 5.92 Å². The van der Waals surface area contributed by atoms with E-state index in [4.69, 9.17) is 0 Å². The van der Waals surface area contributed by atoms with Crippen molar-refractivity contribution < 1.29 is 4.79 Å². The van der Waals surface area contributed by atoms with Crippen LogP contribution in [0.4, 0.5) is 0 Å². The molecular weight excluding hydrogens is 286 g/mol. The molecule has 0 spiro atoms. The quantitative estimate of drug-likeness (QED) is 0.851. The summed E-state index contributed by atoms with van der Waals surface area (Å²) in [6.07, 6.45) is 2.19. The standard InChI is InChI=1S/C19H29N3O/c1-2-20-11-13-22(14-12-20)19(23)18-9-6-10-21(16-18)15-17-7-4-3-5-8-17/h3-5,7-8,18H,2,6,9-16H2,1H3. The third-order valence-corrected chi connectivity index (χ3v) is 5.23. The van der Waals surface area contributed by atoms with Crippen LogP contribution in [-0.4, -0.2) is 66.4 Å². The van der Waals surface area contributed by atoms with Crippen molar-refractivity contribution >= 4 is 5.91 Å². The SMILES string of the molecule is CCN1CCN(C(=O)C2CCCN(Cc3ccccc3)C2)CC1. The van der Waals surface area contributed by atoms with Crippen molar-refractivity contribution in [3.05, 3.63) is 35.9 Å². The molecule has 0 saturated carbocycles. The molecule has 4 nitrogen and oxygen atoms in total. The van der Waals surface area contributed by atoms with Gasteiger partial charge in [-0.3, -0.25) is 9.69 Å². The van der Waals surface area contributed by atoms with Gasteiger partial charge >= 0.3 is 0 Å². The largest absolute Gasteiger partial charge is 0.340 e. The van der Waals surface area contributed by atoms with Crippen LogP contribution >= 0.6 is 0 Å². The molecule has 4 heteroatoms. The molecule has 2 saturated heterocycles. The molecule has 1 unspecified atom stereocenters. The minimum Gasteiger partial charge on any atom is -0.340 e. The number of likely N-dealkylation sites (N-methyl/N-ethyl adjacent to an activating group) is 1. The monoisotopic (exact) mass is 315 g/mol. The summed E-state index contributed by atoms with van der Waals surface area (Å²) >= 11 is 0. The number of piperazine rings is 1. The first-order valence-electron chi connectivity index (χ1n) is 9.03. The zero-order chi connectivity index (χ0) is 16.1. The van der Waals surface area contributed by atoms with E-state index in [1.54, 1.807) is 0 Å². The Morgan fingerprint density at radius 2 is 1.78 bits per heavy atom. The Balaban J connectivity index is 1.53. The number of nitrogens with zero attached hydrogens (tertiary/aromatic N) is 3. The molecule has 2 heterocycles. The summed E-state index contributed by atoms with van der Waals surface area (Å²) in [5.74, 6) is 0.583. The van der Waals surface area contributed by atoms with Gasteiger partial charge in [-0.1, -0.05) is 37.3 Å². The number of rotatable bonds is 4. The Morgan fingerprint density at radius 1 is 1.04 bits per heavy atom. The predicted molar refractivity (Wildman–Crippen MR) is 93.1 cm³/mol. The molecule has 23 heavy (non-hydrogen) atoms. The van der Waals surface area contributed by atoms with Gasteiger partial charge in [0.05, 0.1) is 5.92 Å². The van der Waals surface area contributed by atoms with E-state index in [9.17, 15) is 4.79 Å². The minimum atomic E-state index is 0.195. The van der Waals surface area contributed by atoms with Crippen molar-refractivity contribution in [1.29, 1.82) is 0 Å². The van der Waals surface area contributed by atoms with Gasteiger partial charge in [0.2, 0.25) is 5.91 Å². The second kappa shape index (κ2) is 7.93. The number of likely N-dealkylation sites (tertiary alicyclic amines) is 1. The topological polar surface area (TPSA) is 26.8 Å². The van der Waals surface area contributed by atoms with Crippen molar-refractivity contribution in [3.63, 3.8) is 0 Å². The third-order valence-electron chi connectivity index (χ3n) is 5.23. The zero-order valence-corrected chi connectivity index (χ0v) is 14.3. The summed E-state index contributed by atoms with van der Waals surface area (Å²) in [7, 11) is 0. The molecule has 126 valence electrons. The maximum atomic E-state index is 12.8. The van der Waals surface area contributed by atoms with Crippen LogP contribution < -0.4 is 0 Å². The van der Waals surface area contributed by atoms with E-state index < -0.39 is 0 Å². The normalized spacial score (nSPS) is 23.9. The zero-order valence-electron chi connectivity index (χ0n) is 14.3. The van der Waals surface area contributed by atoms with Crippen LogP contribution in [0.2, 0.25) is 0 Å². The van der Waals surface area contributed by atoms with Crippen molar-refractivity contribution in [2.75, 3.05) is 45.8 Å². The highest BCUT2D eigenvalue weighted by molar-refractivity contribution is 5.79. The van der Waals surface area contributed by atoms with Crippen molar-refractivity contribution in [3.8, 4) is 0 Å². The first-order chi connectivity index (χ1) is 11.3. The van der Waals surface area contributed by atoms with Crippen LogP contribution in [-0.2, 0) is 11.3 Å². The van der Waals surface area contributed by atoms with Gasteiger partial charge in [0.25, 0.3) is 0 Å². The van der Waals surface area contributed by atoms with Gasteiger partial charge in [0.1, 0.15) is 0 Å². The number of carbonyl (C=O) groups excluding carboxylic acids is 1. The molecule has 2 aliphatic rings. The molecule has 2 fully saturated rings. The molecule has 1 amide bonds. The molecule has 0 aromatic heterocycles. The van der Waals surface area contributed by atoms with Gasteiger partial charge in [0.15, 0.2) is 0 Å². The summed E-state index contributed by atoms with van der Waals surface area (Å²) in [4.78, 5) is 19.8. The highest BCUT2D eigenvalue weighted by atomic mass is 16.2. The smallest absolute Gasteiger partial charge is 0.227 e. The molecule has 0 aliphatic carbocycles. The Kier molecular flexibility index (Phi) is 5.68. The second-order valence-corrected chi connectivity index (χ2v) is 6.82. The van der Waals surface area contributed by atoms with Crippen molar-refractivity contribution in [2.24, 2.45) is 5.92 Å². The van der Waals surface area contributed by atoms with Crippen molar-refractivity contribution in [1.82, 2.24) is 14.7 Å². The Morgan fingerprint density at radius 3 is 2.48 bits per heavy atom. The molecule has 0 radical (unpaired) electrons. The van der Waals surface area contributed by atoms with Crippen LogP contribution in [0.1, 0.15) is 25.3 Å². The molecule has 1 atom stereocenters. The van der Waals surface area contributed by atoms with Gasteiger partial charge in [-0.2, -0.15) is 0 Å². The van der Waals surface area contributed by atoms with Crippen LogP contribution in [0.15, 0.2) is 30.3 Å². The summed E-state index contributed by atoms with van der Waals surface area (Å²) in [5, 5.41) is 0. The average molecular weight is 315 g/mol. The minimum absolute atomic E-state index is 0.195. The fourth-order valence-corrected chi connectivity index (χ4v) is 3.79.